The Bertz CT molecular complexity index is 326. The fourth-order valence-corrected chi connectivity index (χ4v) is 2.94. The van der Waals surface area contributed by atoms with Crippen LogP contribution in [0.5, 0.6) is 0 Å². The summed E-state index contributed by atoms with van der Waals surface area (Å²) in [5.74, 6) is -0.416. The summed E-state index contributed by atoms with van der Waals surface area (Å²) < 4.78 is 4.63. The van der Waals surface area contributed by atoms with Gasteiger partial charge in [0.1, 0.15) is 5.70 Å². The maximum atomic E-state index is 11.4. The molecule has 0 aromatic rings. The van der Waals surface area contributed by atoms with Gasteiger partial charge in [-0.25, -0.2) is 4.79 Å². The third-order valence-corrected chi connectivity index (χ3v) is 3.58. The van der Waals surface area contributed by atoms with Crippen LogP contribution in [0.15, 0.2) is 11.8 Å². The number of carbonyl (C=O) groups is 2. The smallest absolute Gasteiger partial charge is 0.354 e. The number of methoxy groups -OCH3 is 1. The zero-order chi connectivity index (χ0) is 10.3. The second-order valence-corrected chi connectivity index (χ2v) is 4.87. The van der Waals surface area contributed by atoms with Crippen molar-refractivity contribution in [3.63, 3.8) is 0 Å². The van der Waals surface area contributed by atoms with E-state index < -0.39 is 5.97 Å². The molecule has 76 valence electrons. The molecular formula is C9H11NO3S. The van der Waals surface area contributed by atoms with E-state index in [1.165, 1.54) is 12.0 Å². The summed E-state index contributed by atoms with van der Waals surface area (Å²) in [6.45, 7) is 2.01. The fraction of sp³-hybridized carbons (Fsp3) is 0.556. The van der Waals surface area contributed by atoms with Gasteiger partial charge in [0.15, 0.2) is 0 Å². The minimum atomic E-state index is -0.421. The fourth-order valence-electron chi connectivity index (χ4n) is 1.65. The molecule has 0 spiro atoms. The lowest BCUT2D eigenvalue weighted by Crippen LogP contribution is -2.54. The Hall–Kier alpha value is -0.970. The normalized spacial score (nSPS) is 30.3. The molecule has 0 bridgehead atoms. The van der Waals surface area contributed by atoms with Gasteiger partial charge in [-0.1, -0.05) is 0 Å². The lowest BCUT2D eigenvalue weighted by molar-refractivity contribution is -0.147. The molecule has 1 unspecified atom stereocenters. The molecule has 0 aliphatic carbocycles. The van der Waals surface area contributed by atoms with Gasteiger partial charge in [-0.2, -0.15) is 0 Å². The molecule has 5 heteroatoms. The maximum absolute atomic E-state index is 11.4. The van der Waals surface area contributed by atoms with E-state index >= 15 is 0 Å². The number of β-lactam (4-membered cyclic amide) rings is 1. The van der Waals surface area contributed by atoms with Crippen LogP contribution in [0.3, 0.4) is 0 Å². The Morgan fingerprint density at radius 3 is 3.00 bits per heavy atom. The van der Waals surface area contributed by atoms with Gasteiger partial charge in [0.05, 0.1) is 18.9 Å². The monoisotopic (exact) mass is 213 g/mol. The SMILES string of the molecule is COC(=O)C1=CC(C)S[C@@H]2CC(=O)N12. The summed E-state index contributed by atoms with van der Waals surface area (Å²) in [5, 5.41) is 0.398. The topological polar surface area (TPSA) is 46.6 Å². The van der Waals surface area contributed by atoms with Crippen LogP contribution in [-0.2, 0) is 14.3 Å². The standard InChI is InChI=1S/C9H11NO3S/c1-5-3-6(9(12)13-2)10-7(11)4-8(10)14-5/h3,5,8H,4H2,1-2H3/t5?,8-/m1/s1. The third-order valence-electron chi connectivity index (χ3n) is 2.32. The first-order valence-corrected chi connectivity index (χ1v) is 5.35. The highest BCUT2D eigenvalue weighted by Gasteiger charge is 2.44. The lowest BCUT2D eigenvalue weighted by atomic mass is 10.1. The van der Waals surface area contributed by atoms with Gasteiger partial charge < -0.3 is 4.74 Å². The van der Waals surface area contributed by atoms with E-state index in [0.717, 1.165) is 0 Å². The highest BCUT2D eigenvalue weighted by Crippen LogP contribution is 2.40. The summed E-state index contributed by atoms with van der Waals surface area (Å²) >= 11 is 1.69. The maximum Gasteiger partial charge on any atom is 0.354 e. The van der Waals surface area contributed by atoms with E-state index in [-0.39, 0.29) is 16.5 Å². The molecule has 0 N–H and O–H groups in total. The quantitative estimate of drug-likeness (QED) is 0.476. The van der Waals surface area contributed by atoms with E-state index in [1.807, 2.05) is 6.92 Å². The summed E-state index contributed by atoms with van der Waals surface area (Å²) in [5.41, 5.74) is 0.403. The number of ether oxygens (including phenoxy) is 1. The number of fused-ring (bicyclic) bond motifs is 1. The number of carbonyl (C=O) groups excluding carboxylic acids is 2. The first-order chi connectivity index (χ1) is 6.63. The molecule has 4 nitrogen and oxygen atoms in total. The predicted molar refractivity (Wildman–Crippen MR) is 52.4 cm³/mol. The summed E-state index contributed by atoms with van der Waals surface area (Å²) in [6, 6.07) is 0. The lowest BCUT2D eigenvalue weighted by Gasteiger charge is -2.44. The Labute approximate surface area is 86.3 Å². The first kappa shape index (κ1) is 9.58. The second-order valence-electron chi connectivity index (χ2n) is 3.31. The summed E-state index contributed by atoms with van der Waals surface area (Å²) in [7, 11) is 1.33. The van der Waals surface area contributed by atoms with E-state index in [1.54, 1.807) is 17.8 Å². The molecule has 0 aromatic heterocycles. The van der Waals surface area contributed by atoms with Gasteiger partial charge in [0, 0.05) is 5.25 Å². The number of rotatable bonds is 1. The molecule has 0 radical (unpaired) electrons. The molecule has 1 fully saturated rings. The average Bonchev–Trinajstić information content (AvgIpc) is 2.14. The van der Waals surface area contributed by atoms with Crippen molar-refractivity contribution in [3.05, 3.63) is 11.8 Å². The number of nitrogens with zero attached hydrogens (tertiary/aromatic N) is 1. The molecule has 2 aliphatic rings. The van der Waals surface area contributed by atoms with Crippen molar-refractivity contribution in [1.82, 2.24) is 4.90 Å². The van der Waals surface area contributed by atoms with E-state index in [4.69, 9.17) is 0 Å². The van der Waals surface area contributed by atoms with Gasteiger partial charge in [-0.05, 0) is 13.0 Å². The molecule has 0 aromatic carbocycles. The minimum Gasteiger partial charge on any atom is -0.464 e. The molecular weight excluding hydrogens is 202 g/mol. The number of hydrogen-bond acceptors (Lipinski definition) is 4. The number of esters is 1. The van der Waals surface area contributed by atoms with E-state index in [9.17, 15) is 9.59 Å². The highest BCUT2D eigenvalue weighted by molar-refractivity contribution is 8.00. The van der Waals surface area contributed by atoms with Crippen molar-refractivity contribution in [1.29, 1.82) is 0 Å². The van der Waals surface area contributed by atoms with Crippen LogP contribution >= 0.6 is 11.8 Å². The molecule has 1 saturated heterocycles. The Balaban J connectivity index is 2.27. The average molecular weight is 213 g/mol. The summed E-state index contributed by atoms with van der Waals surface area (Å²) in [6.07, 6.45) is 2.31. The van der Waals surface area contributed by atoms with Crippen LogP contribution in [0.4, 0.5) is 0 Å². The second kappa shape index (κ2) is 3.31. The van der Waals surface area contributed by atoms with Crippen LogP contribution in [0.2, 0.25) is 0 Å². The Morgan fingerprint density at radius 1 is 1.71 bits per heavy atom. The Kier molecular flexibility index (Phi) is 2.26. The number of hydrogen-bond donors (Lipinski definition) is 0. The van der Waals surface area contributed by atoms with Crippen molar-refractivity contribution in [2.45, 2.75) is 24.0 Å². The molecule has 14 heavy (non-hydrogen) atoms. The third kappa shape index (κ3) is 1.32. The summed E-state index contributed by atoms with van der Waals surface area (Å²) in [4.78, 5) is 24.1. The van der Waals surface area contributed by atoms with Gasteiger partial charge in [0.25, 0.3) is 0 Å². The highest BCUT2D eigenvalue weighted by atomic mass is 32.2. The predicted octanol–water partition coefficient (Wildman–Crippen LogP) is 0.737. The minimum absolute atomic E-state index is 0.00560. The van der Waals surface area contributed by atoms with Crippen molar-refractivity contribution >= 4 is 23.6 Å². The Morgan fingerprint density at radius 2 is 2.43 bits per heavy atom. The molecule has 2 aliphatic heterocycles. The van der Waals surface area contributed by atoms with Crippen LogP contribution in [0, 0.1) is 0 Å². The molecule has 2 heterocycles. The van der Waals surface area contributed by atoms with E-state index in [0.29, 0.717) is 12.1 Å². The van der Waals surface area contributed by atoms with Gasteiger partial charge in [-0.3, -0.25) is 9.69 Å². The molecule has 0 saturated carbocycles. The largest absolute Gasteiger partial charge is 0.464 e. The van der Waals surface area contributed by atoms with Crippen LogP contribution in [-0.4, -0.2) is 34.5 Å². The number of thioether (sulfide) groups is 1. The molecule has 1 amide bonds. The number of amides is 1. The first-order valence-electron chi connectivity index (χ1n) is 4.41. The van der Waals surface area contributed by atoms with Gasteiger partial charge in [0.2, 0.25) is 5.91 Å². The zero-order valence-electron chi connectivity index (χ0n) is 8.02. The van der Waals surface area contributed by atoms with Gasteiger partial charge in [-0.15, -0.1) is 11.8 Å². The van der Waals surface area contributed by atoms with Crippen LogP contribution < -0.4 is 0 Å². The van der Waals surface area contributed by atoms with Gasteiger partial charge >= 0.3 is 5.97 Å². The molecule has 2 rings (SSSR count). The van der Waals surface area contributed by atoms with Crippen molar-refractivity contribution < 1.29 is 14.3 Å². The van der Waals surface area contributed by atoms with Crippen molar-refractivity contribution in [2.75, 3.05) is 7.11 Å². The van der Waals surface area contributed by atoms with E-state index in [2.05, 4.69) is 4.74 Å². The van der Waals surface area contributed by atoms with Crippen LogP contribution in [0.1, 0.15) is 13.3 Å². The zero-order valence-corrected chi connectivity index (χ0v) is 8.84. The molecule has 2 atom stereocenters. The van der Waals surface area contributed by atoms with Crippen molar-refractivity contribution in [3.8, 4) is 0 Å². The van der Waals surface area contributed by atoms with Crippen LogP contribution in [0.25, 0.3) is 0 Å². The van der Waals surface area contributed by atoms with Crippen molar-refractivity contribution in [2.24, 2.45) is 0 Å².